The molecule has 20 heavy (non-hydrogen) atoms. The van der Waals surface area contributed by atoms with Crippen molar-refractivity contribution >= 4 is 11.6 Å². The van der Waals surface area contributed by atoms with E-state index < -0.39 is 19.0 Å². The van der Waals surface area contributed by atoms with Crippen molar-refractivity contribution in [2.45, 2.75) is 80.1 Å². The standard InChI is InChI=1S/C5H8O2.3C3H7O.Ti/c1-4(6)3-5(2)7;3*1-3(2)4;/h3H2,1-2H3;3*3H,1-2H3;/q;3*-1;+3. The molecule has 0 rings (SSSR count). The zero-order chi connectivity index (χ0) is 16.3. The number of hydrogen-bond acceptors (Lipinski definition) is 5. The van der Waals surface area contributed by atoms with Gasteiger partial charge in [-0.3, -0.25) is 9.59 Å². The van der Waals surface area contributed by atoms with Crippen LogP contribution in [0.4, 0.5) is 0 Å². The van der Waals surface area contributed by atoms with Gasteiger partial charge in [0.2, 0.25) is 0 Å². The fraction of sp³-hybridized carbons (Fsp3) is 0.857. The van der Waals surface area contributed by atoms with Gasteiger partial charge >= 0.3 is 88.8 Å². The summed E-state index contributed by atoms with van der Waals surface area (Å²) >= 11 is -2.18. The molecule has 0 heterocycles. The first-order valence-corrected chi connectivity index (χ1v) is 8.81. The van der Waals surface area contributed by atoms with Gasteiger partial charge in [-0.05, 0) is 13.8 Å². The first-order chi connectivity index (χ1) is 9.04. The Hall–Kier alpha value is -0.0657. The van der Waals surface area contributed by atoms with Crippen LogP contribution in [0.1, 0.15) is 61.8 Å². The molecule has 0 aliphatic heterocycles. The van der Waals surface area contributed by atoms with E-state index in [9.17, 15) is 9.59 Å². The van der Waals surface area contributed by atoms with Crippen LogP contribution in [-0.2, 0) is 38.6 Å². The van der Waals surface area contributed by atoms with Gasteiger partial charge in [-0.25, -0.2) is 0 Å². The summed E-state index contributed by atoms with van der Waals surface area (Å²) in [4.78, 5) is 20.1. The molecule has 0 amide bonds. The van der Waals surface area contributed by atoms with Gasteiger partial charge < -0.3 is 0 Å². The van der Waals surface area contributed by atoms with Gasteiger partial charge in [0.05, 0.1) is 6.42 Å². The summed E-state index contributed by atoms with van der Waals surface area (Å²) in [5.74, 6) is -0.125. The molecule has 0 unspecified atom stereocenters. The molecule has 5 nitrogen and oxygen atoms in total. The molecule has 0 aliphatic rings. The molecule has 0 aliphatic carbocycles. The van der Waals surface area contributed by atoms with E-state index in [1.54, 1.807) is 0 Å². The fourth-order valence-electron chi connectivity index (χ4n) is 1.01. The van der Waals surface area contributed by atoms with Crippen LogP contribution in [0.3, 0.4) is 0 Å². The first kappa shape index (κ1) is 22.2. The van der Waals surface area contributed by atoms with Gasteiger partial charge in [0.15, 0.2) is 0 Å². The quantitative estimate of drug-likeness (QED) is 0.507. The Labute approximate surface area is 130 Å². The van der Waals surface area contributed by atoms with E-state index in [2.05, 4.69) is 0 Å². The van der Waals surface area contributed by atoms with E-state index in [0.29, 0.717) is 0 Å². The van der Waals surface area contributed by atoms with Crippen molar-refractivity contribution in [1.29, 1.82) is 0 Å². The van der Waals surface area contributed by atoms with Crippen molar-refractivity contribution in [3.8, 4) is 0 Å². The van der Waals surface area contributed by atoms with Crippen LogP contribution >= 0.6 is 0 Å². The van der Waals surface area contributed by atoms with Gasteiger partial charge in [0.25, 0.3) is 0 Å². The molecule has 119 valence electrons. The van der Waals surface area contributed by atoms with Crippen molar-refractivity contribution in [3.05, 3.63) is 0 Å². The monoisotopic (exact) mass is 325 g/mol. The Morgan fingerprint density at radius 2 is 1.00 bits per heavy atom. The molecule has 0 fully saturated rings. The number of carbonyl (C=O) groups is 2. The summed E-state index contributed by atoms with van der Waals surface area (Å²) in [6.07, 6.45) is 0.646. The normalized spacial score (nSPS) is 10.6. The number of hydrogen-bond donors (Lipinski definition) is 0. The number of ketones is 2. The summed E-state index contributed by atoms with van der Waals surface area (Å²) in [6, 6.07) is 0. The first-order valence-electron chi connectivity index (χ1n) is 6.90. The van der Waals surface area contributed by atoms with Crippen molar-refractivity contribution in [1.82, 2.24) is 0 Å². The average Bonchev–Trinajstić information content (AvgIpc) is 2.11. The van der Waals surface area contributed by atoms with Crippen LogP contribution in [0, 0.1) is 0 Å². The third kappa shape index (κ3) is 20.3. The molecule has 0 atom stereocenters. The maximum absolute atomic E-state index is 10.0. The van der Waals surface area contributed by atoms with Crippen LogP contribution in [-0.4, -0.2) is 29.9 Å². The molecule has 0 saturated carbocycles. The van der Waals surface area contributed by atoms with Gasteiger partial charge in [0, 0.05) is 0 Å². The molecule has 0 N–H and O–H groups in total. The second-order valence-corrected chi connectivity index (χ2v) is 7.22. The van der Waals surface area contributed by atoms with Gasteiger partial charge in [-0.1, -0.05) is 0 Å². The maximum atomic E-state index is 10.0. The van der Waals surface area contributed by atoms with Crippen molar-refractivity contribution in [3.63, 3.8) is 0 Å². The second-order valence-electron chi connectivity index (χ2n) is 5.33. The second kappa shape index (κ2) is 12.7. The average molecular weight is 325 g/mol. The summed E-state index contributed by atoms with van der Waals surface area (Å²) in [7, 11) is 0. The van der Waals surface area contributed by atoms with Crippen LogP contribution in [0.15, 0.2) is 0 Å². The van der Waals surface area contributed by atoms with Crippen LogP contribution < -0.4 is 0 Å². The predicted octanol–water partition coefficient (Wildman–Crippen LogP) is 3.18. The molecule has 0 spiro atoms. The molecule has 6 heteroatoms. The summed E-state index contributed by atoms with van der Waals surface area (Å²) in [6.45, 7) is 14.8. The van der Waals surface area contributed by atoms with E-state index >= 15 is 0 Å². The van der Waals surface area contributed by atoms with Crippen molar-refractivity contribution < 1.29 is 38.6 Å². The van der Waals surface area contributed by atoms with Crippen LogP contribution in [0.2, 0.25) is 0 Å². The zero-order valence-corrected chi connectivity index (χ0v) is 15.5. The van der Waals surface area contributed by atoms with Gasteiger partial charge in [-0.15, -0.1) is 0 Å². The van der Waals surface area contributed by atoms with Crippen LogP contribution in [0.5, 0.6) is 0 Å². The predicted molar refractivity (Wildman–Crippen MR) is 74.6 cm³/mol. The number of Topliss-reactive ketones (excluding diaryl/α,β-unsaturated/α-hetero) is 2. The van der Waals surface area contributed by atoms with E-state index in [-0.39, 0.29) is 36.3 Å². The Bertz CT molecular complexity index is 241. The molecular weight excluding hydrogens is 296 g/mol. The third-order valence-electron chi connectivity index (χ3n) is 1.49. The summed E-state index contributed by atoms with van der Waals surface area (Å²) in [5.41, 5.74) is 0. The molecular formula is C14H29O5Ti. The zero-order valence-electron chi connectivity index (χ0n) is 14.0. The van der Waals surface area contributed by atoms with E-state index in [1.807, 2.05) is 41.5 Å². The third-order valence-corrected chi connectivity index (χ3v) is 4.60. The molecule has 0 aromatic carbocycles. The Kier molecular flexibility index (Phi) is 14.1. The molecule has 0 saturated heterocycles. The number of rotatable bonds is 8. The molecule has 0 bridgehead atoms. The van der Waals surface area contributed by atoms with Gasteiger partial charge in [0.1, 0.15) is 11.6 Å². The Morgan fingerprint density at radius 1 is 0.750 bits per heavy atom. The van der Waals surface area contributed by atoms with Gasteiger partial charge in [-0.2, -0.15) is 0 Å². The molecule has 0 aromatic rings. The molecule has 0 radical (unpaired) electrons. The minimum atomic E-state index is -2.18. The SMILES string of the molecule is CC(=O)CC(C)=O.CC(C)[O][Ti]([O]C(C)C)[O]C(C)C. The van der Waals surface area contributed by atoms with E-state index in [0.717, 1.165) is 0 Å². The summed E-state index contributed by atoms with van der Waals surface area (Å²) in [5, 5.41) is 0. The minimum absolute atomic E-state index is 0.0625. The fourth-order valence-corrected chi connectivity index (χ4v) is 3.07. The number of carbonyl (C=O) groups excluding carboxylic acids is 2. The molecule has 0 aromatic heterocycles. The van der Waals surface area contributed by atoms with E-state index in [4.69, 9.17) is 9.96 Å². The van der Waals surface area contributed by atoms with Crippen molar-refractivity contribution in [2.75, 3.05) is 0 Å². The topological polar surface area (TPSA) is 61.8 Å². The summed E-state index contributed by atoms with van der Waals surface area (Å²) < 4.78 is 16.8. The van der Waals surface area contributed by atoms with E-state index in [1.165, 1.54) is 13.8 Å². The van der Waals surface area contributed by atoms with Crippen LogP contribution in [0.25, 0.3) is 0 Å². The Balaban J connectivity index is 0. The van der Waals surface area contributed by atoms with Crippen molar-refractivity contribution in [2.24, 2.45) is 0 Å². The Morgan fingerprint density at radius 3 is 1.10 bits per heavy atom.